The van der Waals surface area contributed by atoms with Gasteiger partial charge in [0.15, 0.2) is 0 Å². The zero-order chi connectivity index (χ0) is 19.9. The van der Waals surface area contributed by atoms with Crippen LogP contribution in [-0.2, 0) is 4.74 Å². The molecule has 3 aromatic rings. The van der Waals surface area contributed by atoms with Crippen LogP contribution in [0.3, 0.4) is 0 Å². The van der Waals surface area contributed by atoms with E-state index in [1.54, 1.807) is 36.9 Å². The average molecular weight is 393 g/mol. The van der Waals surface area contributed by atoms with Gasteiger partial charge in [-0.2, -0.15) is 0 Å². The third-order valence-corrected chi connectivity index (χ3v) is 5.66. The first-order chi connectivity index (χ1) is 13.6. The Morgan fingerprint density at radius 3 is 2.39 bits per heavy atom. The molecule has 1 N–H and O–H groups in total. The third kappa shape index (κ3) is 4.57. The second kappa shape index (κ2) is 9.47. The van der Waals surface area contributed by atoms with Crippen molar-refractivity contribution in [1.82, 2.24) is 0 Å². The number of benzene rings is 3. The van der Waals surface area contributed by atoms with Crippen molar-refractivity contribution in [2.45, 2.75) is 19.1 Å². The van der Waals surface area contributed by atoms with E-state index < -0.39 is 0 Å². The number of thioether (sulfide) groups is 1. The standard InChI is InChI=1S/C24H24O3S/c1-3-27-24(26)18-14-12-17(13-15-18)19-8-7-9-20(16-19)23(28-4-2)21-10-5-6-11-22(21)25/h5-16,23,25H,3-4H2,1-2H3. The van der Waals surface area contributed by atoms with Crippen LogP contribution in [0.5, 0.6) is 5.75 Å². The number of phenolic OH excluding ortho intramolecular Hbond substituents is 1. The van der Waals surface area contributed by atoms with Gasteiger partial charge in [-0.1, -0.05) is 55.5 Å². The maximum Gasteiger partial charge on any atom is 0.338 e. The molecule has 28 heavy (non-hydrogen) atoms. The van der Waals surface area contributed by atoms with Gasteiger partial charge in [0.05, 0.1) is 17.4 Å². The predicted molar refractivity (Wildman–Crippen MR) is 116 cm³/mol. The molecule has 0 saturated carbocycles. The fraction of sp³-hybridized carbons (Fsp3) is 0.208. The Labute approximate surface area is 170 Å². The van der Waals surface area contributed by atoms with Gasteiger partial charge < -0.3 is 9.84 Å². The summed E-state index contributed by atoms with van der Waals surface area (Å²) in [5.74, 6) is 0.955. The molecule has 0 radical (unpaired) electrons. The number of carbonyl (C=O) groups is 1. The van der Waals surface area contributed by atoms with E-state index in [1.165, 1.54) is 0 Å². The number of esters is 1. The Bertz CT molecular complexity index is 935. The van der Waals surface area contributed by atoms with Crippen LogP contribution in [0.4, 0.5) is 0 Å². The molecule has 1 unspecified atom stereocenters. The molecule has 0 saturated heterocycles. The lowest BCUT2D eigenvalue weighted by Crippen LogP contribution is -2.04. The normalized spacial score (nSPS) is 11.8. The van der Waals surface area contributed by atoms with Gasteiger partial charge >= 0.3 is 5.97 Å². The molecule has 4 heteroatoms. The van der Waals surface area contributed by atoms with Crippen molar-refractivity contribution in [3.8, 4) is 16.9 Å². The van der Waals surface area contributed by atoms with Gasteiger partial charge in [-0.05, 0) is 53.6 Å². The molecule has 0 heterocycles. The highest BCUT2D eigenvalue weighted by Crippen LogP contribution is 2.40. The molecular formula is C24H24O3S. The average Bonchev–Trinajstić information content (AvgIpc) is 2.73. The van der Waals surface area contributed by atoms with Gasteiger partial charge in [-0.3, -0.25) is 0 Å². The highest BCUT2D eigenvalue weighted by Gasteiger charge is 2.18. The zero-order valence-electron chi connectivity index (χ0n) is 16.1. The van der Waals surface area contributed by atoms with Gasteiger partial charge in [-0.15, -0.1) is 11.8 Å². The van der Waals surface area contributed by atoms with Crippen LogP contribution in [-0.4, -0.2) is 23.4 Å². The summed E-state index contributed by atoms with van der Waals surface area (Å²) in [6.45, 7) is 4.29. The summed E-state index contributed by atoms with van der Waals surface area (Å²) in [7, 11) is 0. The molecule has 0 bridgehead atoms. The van der Waals surface area contributed by atoms with E-state index in [2.05, 4.69) is 25.1 Å². The highest BCUT2D eigenvalue weighted by molar-refractivity contribution is 7.99. The molecule has 0 aliphatic carbocycles. The first-order valence-corrected chi connectivity index (χ1v) is 10.5. The summed E-state index contributed by atoms with van der Waals surface area (Å²) >= 11 is 1.79. The van der Waals surface area contributed by atoms with Crippen LogP contribution >= 0.6 is 11.8 Å². The highest BCUT2D eigenvalue weighted by atomic mass is 32.2. The third-order valence-electron chi connectivity index (χ3n) is 4.47. The van der Waals surface area contributed by atoms with Crippen molar-refractivity contribution in [3.05, 3.63) is 89.5 Å². The summed E-state index contributed by atoms with van der Waals surface area (Å²) in [5, 5.41) is 10.4. The number of aromatic hydroxyl groups is 1. The number of carbonyl (C=O) groups excluding carboxylic acids is 1. The largest absolute Gasteiger partial charge is 0.508 e. The molecule has 0 spiro atoms. The minimum atomic E-state index is -0.304. The van der Waals surface area contributed by atoms with E-state index in [1.807, 2.05) is 36.4 Å². The molecular weight excluding hydrogens is 368 g/mol. The smallest absolute Gasteiger partial charge is 0.338 e. The first-order valence-electron chi connectivity index (χ1n) is 9.41. The van der Waals surface area contributed by atoms with Crippen LogP contribution < -0.4 is 0 Å². The topological polar surface area (TPSA) is 46.5 Å². The molecule has 3 rings (SSSR count). The van der Waals surface area contributed by atoms with Gasteiger partial charge in [-0.25, -0.2) is 4.79 Å². The summed E-state index contributed by atoms with van der Waals surface area (Å²) in [5.41, 5.74) is 4.72. The van der Waals surface area contributed by atoms with Crippen molar-refractivity contribution in [3.63, 3.8) is 0 Å². The molecule has 3 aromatic carbocycles. The fourth-order valence-electron chi connectivity index (χ4n) is 3.14. The molecule has 0 aromatic heterocycles. The summed E-state index contributed by atoms with van der Waals surface area (Å²) < 4.78 is 5.05. The van der Waals surface area contributed by atoms with E-state index in [4.69, 9.17) is 4.74 Å². The quantitative estimate of drug-likeness (QED) is 0.495. The number of hydrogen-bond donors (Lipinski definition) is 1. The van der Waals surface area contributed by atoms with Crippen molar-refractivity contribution in [2.75, 3.05) is 12.4 Å². The molecule has 0 fully saturated rings. The van der Waals surface area contributed by atoms with Crippen LogP contribution in [0.2, 0.25) is 0 Å². The van der Waals surface area contributed by atoms with Gasteiger partial charge in [0.2, 0.25) is 0 Å². The Balaban J connectivity index is 1.92. The van der Waals surface area contributed by atoms with Crippen LogP contribution in [0.25, 0.3) is 11.1 Å². The minimum absolute atomic E-state index is 0.0601. The lowest BCUT2D eigenvalue weighted by molar-refractivity contribution is 0.0526. The lowest BCUT2D eigenvalue weighted by Gasteiger charge is -2.19. The number of hydrogen-bond acceptors (Lipinski definition) is 4. The number of phenols is 1. The van der Waals surface area contributed by atoms with Gasteiger partial charge in [0.25, 0.3) is 0 Å². The Kier molecular flexibility index (Phi) is 6.77. The molecule has 3 nitrogen and oxygen atoms in total. The monoisotopic (exact) mass is 392 g/mol. The Hall–Kier alpha value is -2.72. The van der Waals surface area contributed by atoms with Crippen LogP contribution in [0, 0.1) is 0 Å². The maximum atomic E-state index is 11.8. The number of para-hydroxylation sites is 1. The summed E-state index contributed by atoms with van der Waals surface area (Å²) in [6, 6.07) is 23.3. The second-order valence-corrected chi connectivity index (χ2v) is 7.70. The fourth-order valence-corrected chi connectivity index (χ4v) is 4.19. The van der Waals surface area contributed by atoms with E-state index >= 15 is 0 Å². The summed E-state index contributed by atoms with van der Waals surface area (Å²) in [4.78, 5) is 11.8. The molecule has 0 amide bonds. The van der Waals surface area contributed by atoms with E-state index in [9.17, 15) is 9.90 Å². The molecule has 144 valence electrons. The SMILES string of the molecule is CCOC(=O)c1ccc(-c2cccc(C(SCC)c3ccccc3O)c2)cc1. The van der Waals surface area contributed by atoms with Gasteiger partial charge in [0.1, 0.15) is 5.75 Å². The Morgan fingerprint density at radius 2 is 1.71 bits per heavy atom. The molecule has 0 aliphatic rings. The predicted octanol–water partition coefficient (Wildman–Crippen LogP) is 6.08. The maximum absolute atomic E-state index is 11.8. The molecule has 0 aliphatic heterocycles. The van der Waals surface area contributed by atoms with Crippen LogP contribution in [0.1, 0.15) is 40.6 Å². The van der Waals surface area contributed by atoms with Crippen molar-refractivity contribution >= 4 is 17.7 Å². The number of ether oxygens (including phenoxy) is 1. The first kappa shape index (κ1) is 20.0. The molecule has 1 atom stereocenters. The van der Waals surface area contributed by atoms with E-state index in [0.29, 0.717) is 17.9 Å². The van der Waals surface area contributed by atoms with Crippen LogP contribution in [0.15, 0.2) is 72.8 Å². The number of rotatable bonds is 7. The summed E-state index contributed by atoms with van der Waals surface area (Å²) in [6.07, 6.45) is 0. The Morgan fingerprint density at radius 1 is 0.964 bits per heavy atom. The second-order valence-electron chi connectivity index (χ2n) is 6.32. The lowest BCUT2D eigenvalue weighted by atomic mass is 9.98. The van der Waals surface area contributed by atoms with E-state index in [-0.39, 0.29) is 11.2 Å². The van der Waals surface area contributed by atoms with Gasteiger partial charge in [0, 0.05) is 5.56 Å². The minimum Gasteiger partial charge on any atom is -0.508 e. The van der Waals surface area contributed by atoms with E-state index in [0.717, 1.165) is 28.0 Å². The zero-order valence-corrected chi connectivity index (χ0v) is 16.9. The van der Waals surface area contributed by atoms with Crippen molar-refractivity contribution in [2.24, 2.45) is 0 Å². The van der Waals surface area contributed by atoms with Crippen molar-refractivity contribution in [1.29, 1.82) is 0 Å². The van der Waals surface area contributed by atoms with Crippen molar-refractivity contribution < 1.29 is 14.6 Å².